The van der Waals surface area contributed by atoms with E-state index in [0.717, 1.165) is 43.5 Å². The maximum Gasteiger partial charge on any atom is 0.417 e. The van der Waals surface area contributed by atoms with E-state index < -0.39 is 11.7 Å². The van der Waals surface area contributed by atoms with Crippen LogP contribution in [0.1, 0.15) is 43.0 Å². The van der Waals surface area contributed by atoms with Gasteiger partial charge in [-0.15, -0.1) is 0 Å². The minimum atomic E-state index is -4.35. The Balaban J connectivity index is 2.16. The summed E-state index contributed by atoms with van der Waals surface area (Å²) in [5.41, 5.74) is 6.85. The minimum Gasteiger partial charge on any atom is -0.319 e. The highest BCUT2D eigenvalue weighted by Gasteiger charge is 2.31. The van der Waals surface area contributed by atoms with Gasteiger partial charge in [0.15, 0.2) is 0 Å². The molecule has 0 bridgehead atoms. The minimum absolute atomic E-state index is 0.382. The van der Waals surface area contributed by atoms with E-state index >= 15 is 0 Å². The van der Waals surface area contributed by atoms with Crippen molar-refractivity contribution in [2.75, 3.05) is 0 Å². The van der Waals surface area contributed by atoms with Crippen LogP contribution in [0.4, 0.5) is 13.2 Å². The first-order chi connectivity index (χ1) is 8.48. The largest absolute Gasteiger partial charge is 0.417 e. The molecular weight excluding hydrogens is 241 g/mol. The van der Waals surface area contributed by atoms with Crippen molar-refractivity contribution in [3.8, 4) is 0 Å². The van der Waals surface area contributed by atoms with E-state index in [-0.39, 0.29) is 6.04 Å². The molecule has 98 valence electrons. The van der Waals surface area contributed by atoms with Crippen molar-refractivity contribution in [3.05, 3.63) is 41.2 Å². The molecule has 1 aromatic heterocycles. The number of hydrogen-bond acceptors (Lipinski definition) is 2. The molecule has 1 aromatic rings. The predicted octanol–water partition coefficient (Wildman–Crippen LogP) is 3.60. The van der Waals surface area contributed by atoms with E-state index in [4.69, 9.17) is 5.73 Å². The molecule has 1 heterocycles. The Labute approximate surface area is 104 Å². The van der Waals surface area contributed by atoms with Crippen molar-refractivity contribution in [2.24, 2.45) is 5.73 Å². The van der Waals surface area contributed by atoms with Crippen LogP contribution in [0.3, 0.4) is 0 Å². The first-order valence-electron chi connectivity index (χ1n) is 5.96. The van der Waals surface area contributed by atoms with Gasteiger partial charge >= 0.3 is 6.18 Å². The van der Waals surface area contributed by atoms with Crippen molar-refractivity contribution in [2.45, 2.75) is 37.9 Å². The van der Waals surface area contributed by atoms with Gasteiger partial charge in [-0.2, -0.15) is 13.2 Å². The molecule has 2 nitrogen and oxygen atoms in total. The molecule has 0 aliphatic heterocycles. The Kier molecular flexibility index (Phi) is 3.71. The number of hydrogen-bond donors (Lipinski definition) is 1. The van der Waals surface area contributed by atoms with Crippen LogP contribution in [0.15, 0.2) is 30.0 Å². The lowest BCUT2D eigenvalue weighted by atomic mass is 9.92. The molecular formula is C13H15F3N2. The van der Waals surface area contributed by atoms with E-state index in [1.165, 1.54) is 6.07 Å². The Morgan fingerprint density at radius 2 is 2.00 bits per heavy atom. The number of alkyl halides is 3. The molecule has 0 saturated heterocycles. The van der Waals surface area contributed by atoms with Crippen LogP contribution in [0.25, 0.3) is 0 Å². The predicted molar refractivity (Wildman–Crippen MR) is 62.7 cm³/mol. The molecule has 0 spiro atoms. The maximum absolute atomic E-state index is 12.4. The molecule has 0 radical (unpaired) electrons. The van der Waals surface area contributed by atoms with Gasteiger partial charge in [-0.1, -0.05) is 11.6 Å². The SMILES string of the molecule is NC(C1=CCCCC1)c1ccc(C(F)(F)F)cn1. The van der Waals surface area contributed by atoms with Crippen molar-refractivity contribution in [1.29, 1.82) is 0 Å². The van der Waals surface area contributed by atoms with Gasteiger partial charge in [0, 0.05) is 6.20 Å². The molecule has 1 aliphatic rings. The highest BCUT2D eigenvalue weighted by Crippen LogP contribution is 2.31. The fourth-order valence-corrected chi connectivity index (χ4v) is 2.09. The normalized spacial score (nSPS) is 18.3. The average molecular weight is 256 g/mol. The third-order valence-electron chi connectivity index (χ3n) is 3.16. The zero-order valence-corrected chi connectivity index (χ0v) is 9.87. The van der Waals surface area contributed by atoms with Crippen LogP contribution in [-0.4, -0.2) is 4.98 Å². The molecule has 0 saturated carbocycles. The van der Waals surface area contributed by atoms with E-state index in [2.05, 4.69) is 11.1 Å². The van der Waals surface area contributed by atoms with Crippen molar-refractivity contribution in [3.63, 3.8) is 0 Å². The number of nitrogens with zero attached hydrogens (tertiary/aromatic N) is 1. The zero-order chi connectivity index (χ0) is 13.2. The molecule has 1 unspecified atom stereocenters. The lowest BCUT2D eigenvalue weighted by Gasteiger charge is -2.19. The zero-order valence-electron chi connectivity index (χ0n) is 9.87. The molecule has 1 aliphatic carbocycles. The molecule has 0 aromatic carbocycles. The first-order valence-corrected chi connectivity index (χ1v) is 5.96. The van der Waals surface area contributed by atoms with Crippen LogP contribution in [0, 0.1) is 0 Å². The fourth-order valence-electron chi connectivity index (χ4n) is 2.09. The summed E-state index contributed by atoms with van der Waals surface area (Å²) in [5, 5.41) is 0. The molecule has 5 heteroatoms. The highest BCUT2D eigenvalue weighted by molar-refractivity contribution is 5.25. The Morgan fingerprint density at radius 1 is 1.22 bits per heavy atom. The summed E-state index contributed by atoms with van der Waals surface area (Å²) >= 11 is 0. The molecule has 0 amide bonds. The molecule has 2 rings (SSSR count). The van der Waals surface area contributed by atoms with Gasteiger partial charge in [-0.3, -0.25) is 4.98 Å². The standard InChI is InChI=1S/C13H15F3N2/c14-13(15,16)10-6-7-11(18-8-10)12(17)9-4-2-1-3-5-9/h4,6-8,12H,1-3,5,17H2. The smallest absolute Gasteiger partial charge is 0.319 e. The molecule has 18 heavy (non-hydrogen) atoms. The van der Waals surface area contributed by atoms with Crippen LogP contribution >= 0.6 is 0 Å². The van der Waals surface area contributed by atoms with Crippen LogP contribution in [0.2, 0.25) is 0 Å². The number of rotatable bonds is 2. The summed E-state index contributed by atoms with van der Waals surface area (Å²) < 4.78 is 37.2. The van der Waals surface area contributed by atoms with E-state index in [9.17, 15) is 13.2 Å². The summed E-state index contributed by atoms with van der Waals surface area (Å²) in [5.74, 6) is 0. The first kappa shape index (κ1) is 13.1. The van der Waals surface area contributed by atoms with Gasteiger partial charge in [-0.25, -0.2) is 0 Å². The third-order valence-corrected chi connectivity index (χ3v) is 3.16. The monoisotopic (exact) mass is 256 g/mol. The van der Waals surface area contributed by atoms with Gasteiger partial charge in [-0.05, 0) is 37.8 Å². The number of pyridine rings is 1. The summed E-state index contributed by atoms with van der Waals surface area (Å²) in [6, 6.07) is 2.02. The third kappa shape index (κ3) is 2.90. The summed E-state index contributed by atoms with van der Waals surface area (Å²) in [4.78, 5) is 3.83. The number of aromatic nitrogens is 1. The Morgan fingerprint density at radius 3 is 2.50 bits per heavy atom. The van der Waals surface area contributed by atoms with Crippen LogP contribution in [0.5, 0.6) is 0 Å². The molecule has 0 fully saturated rings. The lowest BCUT2D eigenvalue weighted by molar-refractivity contribution is -0.137. The molecule has 1 atom stereocenters. The average Bonchev–Trinajstić information content (AvgIpc) is 2.38. The van der Waals surface area contributed by atoms with E-state index in [1.54, 1.807) is 0 Å². The van der Waals surface area contributed by atoms with Gasteiger partial charge < -0.3 is 5.73 Å². The quantitative estimate of drug-likeness (QED) is 0.821. The van der Waals surface area contributed by atoms with Crippen molar-refractivity contribution in [1.82, 2.24) is 4.98 Å². The van der Waals surface area contributed by atoms with Crippen LogP contribution in [-0.2, 0) is 6.18 Å². The van der Waals surface area contributed by atoms with Crippen molar-refractivity contribution >= 4 is 0 Å². The van der Waals surface area contributed by atoms with Gasteiger partial charge in [0.1, 0.15) is 0 Å². The van der Waals surface area contributed by atoms with Crippen LogP contribution < -0.4 is 5.73 Å². The summed E-state index contributed by atoms with van der Waals surface area (Å²) in [6.45, 7) is 0. The lowest BCUT2D eigenvalue weighted by Crippen LogP contribution is -2.17. The fraction of sp³-hybridized carbons (Fsp3) is 0.462. The Hall–Kier alpha value is -1.36. The van der Waals surface area contributed by atoms with E-state index in [0.29, 0.717) is 5.69 Å². The van der Waals surface area contributed by atoms with Gasteiger partial charge in [0.05, 0.1) is 17.3 Å². The second-order valence-corrected chi connectivity index (χ2v) is 4.47. The highest BCUT2D eigenvalue weighted by atomic mass is 19.4. The number of allylic oxidation sites excluding steroid dienone is 1. The van der Waals surface area contributed by atoms with Gasteiger partial charge in [0.2, 0.25) is 0 Å². The number of nitrogens with two attached hydrogens (primary N) is 1. The Bertz CT molecular complexity index is 435. The molecule has 2 N–H and O–H groups in total. The van der Waals surface area contributed by atoms with E-state index in [1.807, 2.05) is 0 Å². The summed E-state index contributed by atoms with van der Waals surface area (Å²) in [6.07, 6.45) is 2.70. The second-order valence-electron chi connectivity index (χ2n) is 4.47. The maximum atomic E-state index is 12.4. The van der Waals surface area contributed by atoms with Gasteiger partial charge in [0.25, 0.3) is 0 Å². The number of halogens is 3. The topological polar surface area (TPSA) is 38.9 Å². The summed E-state index contributed by atoms with van der Waals surface area (Å²) in [7, 11) is 0. The second kappa shape index (κ2) is 5.10. The van der Waals surface area contributed by atoms with Crippen molar-refractivity contribution < 1.29 is 13.2 Å².